The molecular weight excluding hydrogens is 242 g/mol. The molecule has 0 aromatic carbocycles. The normalized spacial score (nSPS) is 11.0. The molecule has 2 rings (SSSR count). The molecule has 0 aliphatic heterocycles. The van der Waals surface area contributed by atoms with Crippen molar-refractivity contribution in [1.29, 1.82) is 0 Å². The first-order valence-corrected chi connectivity index (χ1v) is 6.64. The van der Waals surface area contributed by atoms with Gasteiger partial charge in [-0.2, -0.15) is 0 Å². The number of hydrogen-bond acceptors (Lipinski definition) is 3. The van der Waals surface area contributed by atoms with Crippen molar-refractivity contribution in [3.63, 3.8) is 0 Å². The summed E-state index contributed by atoms with van der Waals surface area (Å²) in [6, 6.07) is 5.47. The summed E-state index contributed by atoms with van der Waals surface area (Å²) in [7, 11) is 0. The van der Waals surface area contributed by atoms with Crippen LogP contribution >= 0.6 is 0 Å². The molecule has 0 unspecified atom stereocenters. The number of nitrogens with one attached hydrogen (secondary N) is 1. The van der Waals surface area contributed by atoms with Crippen LogP contribution in [-0.4, -0.2) is 27.0 Å². The molecule has 2 aromatic rings. The second kappa shape index (κ2) is 6.33. The van der Waals surface area contributed by atoms with Crippen molar-refractivity contribution in [3.05, 3.63) is 35.9 Å². The van der Waals surface area contributed by atoms with Crippen LogP contribution in [0, 0.1) is 0 Å². The number of aromatic nitrogens is 2. The van der Waals surface area contributed by atoms with Crippen molar-refractivity contribution in [1.82, 2.24) is 14.7 Å². The number of carboxylic acids is 1. The highest BCUT2D eigenvalue weighted by Gasteiger charge is 2.15. The Kier molecular flexibility index (Phi) is 4.52. The fraction of sp³-hybridized carbons (Fsp3) is 0.429. The molecule has 5 nitrogen and oxygen atoms in total. The largest absolute Gasteiger partial charge is 0.476 e. The van der Waals surface area contributed by atoms with Gasteiger partial charge in [-0.25, -0.2) is 9.78 Å². The van der Waals surface area contributed by atoms with Gasteiger partial charge in [0.1, 0.15) is 5.82 Å². The highest BCUT2D eigenvalue weighted by molar-refractivity contribution is 5.93. The van der Waals surface area contributed by atoms with E-state index in [2.05, 4.69) is 17.2 Å². The van der Waals surface area contributed by atoms with E-state index in [-0.39, 0.29) is 5.69 Å². The third-order valence-corrected chi connectivity index (χ3v) is 3.06. The molecule has 0 atom stereocenters. The zero-order valence-corrected chi connectivity index (χ0v) is 11.1. The van der Waals surface area contributed by atoms with Gasteiger partial charge in [-0.15, -0.1) is 0 Å². The summed E-state index contributed by atoms with van der Waals surface area (Å²) in [5.41, 5.74) is 0.756. The van der Waals surface area contributed by atoms with E-state index in [4.69, 9.17) is 5.11 Å². The molecule has 0 bridgehead atoms. The molecule has 2 aromatic heterocycles. The summed E-state index contributed by atoms with van der Waals surface area (Å²) in [6.45, 7) is 3.68. The molecule has 0 saturated heterocycles. The third-order valence-electron chi connectivity index (χ3n) is 3.06. The van der Waals surface area contributed by atoms with Crippen LogP contribution in [0.3, 0.4) is 0 Å². The first kappa shape index (κ1) is 13.5. The Hall–Kier alpha value is -1.88. The zero-order valence-electron chi connectivity index (χ0n) is 11.1. The summed E-state index contributed by atoms with van der Waals surface area (Å²) < 4.78 is 1.83. The Morgan fingerprint density at radius 2 is 2.26 bits per heavy atom. The quantitative estimate of drug-likeness (QED) is 0.751. The number of imidazole rings is 1. The lowest BCUT2D eigenvalue weighted by atomic mass is 10.2. The number of unbranched alkanes of at least 4 members (excludes halogenated alkanes) is 2. The van der Waals surface area contributed by atoms with Crippen LogP contribution in [0.5, 0.6) is 0 Å². The Morgan fingerprint density at radius 1 is 1.42 bits per heavy atom. The van der Waals surface area contributed by atoms with Crippen LogP contribution in [0.15, 0.2) is 24.4 Å². The maximum Gasteiger partial charge on any atom is 0.356 e. The first-order chi connectivity index (χ1) is 9.24. The van der Waals surface area contributed by atoms with Gasteiger partial charge < -0.3 is 14.8 Å². The number of carboxylic acid groups (broad SMARTS) is 1. The molecular formula is C14H19N3O2. The minimum absolute atomic E-state index is 0.117. The smallest absolute Gasteiger partial charge is 0.356 e. The van der Waals surface area contributed by atoms with Gasteiger partial charge in [-0.05, 0) is 25.1 Å². The van der Waals surface area contributed by atoms with E-state index in [1.54, 1.807) is 6.07 Å². The maximum absolute atomic E-state index is 11.1. The minimum atomic E-state index is -0.985. The lowest BCUT2D eigenvalue weighted by Gasteiger charge is -2.03. The van der Waals surface area contributed by atoms with Crippen molar-refractivity contribution >= 4 is 11.5 Å². The van der Waals surface area contributed by atoms with Crippen LogP contribution < -0.4 is 5.32 Å². The highest BCUT2D eigenvalue weighted by atomic mass is 16.4. The van der Waals surface area contributed by atoms with Crippen LogP contribution in [0.4, 0.5) is 0 Å². The van der Waals surface area contributed by atoms with Gasteiger partial charge in [0, 0.05) is 6.20 Å². The van der Waals surface area contributed by atoms with Gasteiger partial charge in [0.15, 0.2) is 5.69 Å². The molecule has 102 valence electrons. The standard InChI is InChI=1S/C14H19N3O2/c1-2-3-5-8-15-10-12-16-13(14(18)19)11-7-4-6-9-17(11)12/h4,6-7,9,15H,2-3,5,8,10H2,1H3,(H,18,19). The van der Waals surface area contributed by atoms with Gasteiger partial charge in [-0.3, -0.25) is 0 Å². The molecule has 2 heterocycles. The van der Waals surface area contributed by atoms with Crippen LogP contribution in [0.1, 0.15) is 42.5 Å². The molecule has 0 spiro atoms. The van der Waals surface area contributed by atoms with Crippen LogP contribution in [0.25, 0.3) is 5.52 Å². The molecule has 0 aliphatic carbocycles. The van der Waals surface area contributed by atoms with Gasteiger partial charge in [0.2, 0.25) is 0 Å². The Balaban J connectivity index is 2.12. The van der Waals surface area contributed by atoms with E-state index in [1.165, 1.54) is 12.8 Å². The van der Waals surface area contributed by atoms with Crippen molar-refractivity contribution < 1.29 is 9.90 Å². The van der Waals surface area contributed by atoms with E-state index < -0.39 is 5.97 Å². The van der Waals surface area contributed by atoms with E-state index in [1.807, 2.05) is 22.7 Å². The highest BCUT2D eigenvalue weighted by Crippen LogP contribution is 2.13. The second-order valence-electron chi connectivity index (χ2n) is 4.52. The Labute approximate surface area is 112 Å². The predicted molar refractivity (Wildman–Crippen MR) is 73.4 cm³/mol. The van der Waals surface area contributed by atoms with Crippen molar-refractivity contribution in [2.75, 3.05) is 6.54 Å². The lowest BCUT2D eigenvalue weighted by molar-refractivity contribution is 0.0693. The average Bonchev–Trinajstić information content (AvgIpc) is 2.78. The van der Waals surface area contributed by atoms with Crippen molar-refractivity contribution in [2.24, 2.45) is 0 Å². The molecule has 0 fully saturated rings. The first-order valence-electron chi connectivity index (χ1n) is 6.64. The maximum atomic E-state index is 11.1. The van der Waals surface area contributed by atoms with E-state index >= 15 is 0 Å². The van der Waals surface area contributed by atoms with E-state index in [0.717, 1.165) is 18.8 Å². The number of pyridine rings is 1. The number of fused-ring (bicyclic) bond motifs is 1. The van der Waals surface area contributed by atoms with Gasteiger partial charge in [-0.1, -0.05) is 25.8 Å². The molecule has 0 radical (unpaired) electrons. The third kappa shape index (κ3) is 3.12. The number of nitrogens with zero attached hydrogens (tertiary/aromatic N) is 2. The molecule has 19 heavy (non-hydrogen) atoms. The van der Waals surface area contributed by atoms with Crippen LogP contribution in [0.2, 0.25) is 0 Å². The van der Waals surface area contributed by atoms with E-state index in [0.29, 0.717) is 12.1 Å². The number of rotatable bonds is 7. The van der Waals surface area contributed by atoms with Gasteiger partial charge >= 0.3 is 5.97 Å². The average molecular weight is 261 g/mol. The number of carbonyl (C=O) groups is 1. The monoisotopic (exact) mass is 261 g/mol. The van der Waals surface area contributed by atoms with Gasteiger partial charge in [0.25, 0.3) is 0 Å². The predicted octanol–water partition coefficient (Wildman–Crippen LogP) is 2.31. The summed E-state index contributed by atoms with van der Waals surface area (Å²) >= 11 is 0. The molecule has 2 N–H and O–H groups in total. The topological polar surface area (TPSA) is 66.6 Å². The Morgan fingerprint density at radius 3 is 3.00 bits per heavy atom. The fourth-order valence-electron chi connectivity index (χ4n) is 2.08. The Bertz CT molecular complexity index is 563. The molecule has 5 heteroatoms. The summed E-state index contributed by atoms with van der Waals surface area (Å²) in [5, 5.41) is 12.4. The summed E-state index contributed by atoms with van der Waals surface area (Å²) in [6.07, 6.45) is 5.37. The number of hydrogen-bond donors (Lipinski definition) is 2. The minimum Gasteiger partial charge on any atom is -0.476 e. The second-order valence-corrected chi connectivity index (χ2v) is 4.52. The molecule has 0 amide bonds. The summed E-state index contributed by atoms with van der Waals surface area (Å²) in [4.78, 5) is 15.4. The molecule has 0 saturated carbocycles. The lowest BCUT2D eigenvalue weighted by Crippen LogP contribution is -2.16. The van der Waals surface area contributed by atoms with E-state index in [9.17, 15) is 4.79 Å². The molecule has 0 aliphatic rings. The fourth-order valence-corrected chi connectivity index (χ4v) is 2.08. The van der Waals surface area contributed by atoms with Crippen molar-refractivity contribution in [2.45, 2.75) is 32.7 Å². The zero-order chi connectivity index (χ0) is 13.7. The van der Waals surface area contributed by atoms with Crippen LogP contribution in [-0.2, 0) is 6.54 Å². The van der Waals surface area contributed by atoms with Crippen molar-refractivity contribution in [3.8, 4) is 0 Å². The van der Waals surface area contributed by atoms with Gasteiger partial charge in [0.05, 0.1) is 12.1 Å². The SMILES string of the molecule is CCCCCNCc1nc(C(=O)O)c2ccccn12. The summed E-state index contributed by atoms with van der Waals surface area (Å²) in [5.74, 6) is -0.245. The number of aromatic carboxylic acids is 1.